The van der Waals surface area contributed by atoms with E-state index in [9.17, 15) is 23.1 Å². The molecule has 2 N–H and O–H groups in total. The van der Waals surface area contributed by atoms with E-state index in [1.807, 2.05) is 6.92 Å². The number of carbonyl (C=O) groups excluding carboxylic acids is 1. The van der Waals surface area contributed by atoms with Crippen LogP contribution in [0, 0.1) is 5.92 Å². The van der Waals surface area contributed by atoms with Gasteiger partial charge in [0.2, 0.25) is 5.91 Å². The van der Waals surface area contributed by atoms with Crippen molar-refractivity contribution in [2.75, 3.05) is 13.2 Å². The maximum Gasteiger partial charge on any atom is 0.326 e. The third-order valence-corrected chi connectivity index (χ3v) is 6.87. The van der Waals surface area contributed by atoms with Crippen LogP contribution in [0.3, 0.4) is 0 Å². The minimum atomic E-state index is -3.65. The Kier molecular flexibility index (Phi) is 6.80. The van der Waals surface area contributed by atoms with Crippen LogP contribution in [-0.4, -0.2) is 55.2 Å². The molecule has 1 amide bonds. The van der Waals surface area contributed by atoms with Gasteiger partial charge in [-0.15, -0.1) is 0 Å². The molecule has 128 valence electrons. The van der Waals surface area contributed by atoms with E-state index in [0.717, 1.165) is 0 Å². The Morgan fingerprint density at radius 3 is 2.27 bits per heavy atom. The number of carboxylic acid groups (broad SMARTS) is 1. The van der Waals surface area contributed by atoms with Gasteiger partial charge in [-0.1, -0.05) is 20.3 Å². The molecule has 0 bridgehead atoms. The highest BCUT2D eigenvalue weighted by Crippen LogP contribution is 2.20. The molecule has 1 saturated heterocycles. The van der Waals surface area contributed by atoms with Crippen LogP contribution >= 0.6 is 0 Å². The second-order valence-corrected chi connectivity index (χ2v) is 8.30. The fourth-order valence-corrected chi connectivity index (χ4v) is 4.19. The standard InChI is InChI=1S/C14H25NO6S/c1-4-9(2)12(14(17)18)15-13(16)10(3)22(19,20)11-5-7-21-8-6-11/h9-12H,4-8H2,1-3H3,(H,15,16)(H,17,18)/t9-,10?,12-/m0/s1. The molecule has 1 aliphatic heterocycles. The molecule has 0 saturated carbocycles. The first-order valence-corrected chi connectivity index (χ1v) is 9.16. The van der Waals surface area contributed by atoms with Gasteiger partial charge in [0.05, 0.1) is 5.25 Å². The molecule has 8 heteroatoms. The SMILES string of the molecule is CC[C@H](C)[C@H](NC(=O)C(C)S(=O)(=O)C1CCOCC1)C(=O)O. The van der Waals surface area contributed by atoms with Crippen LogP contribution in [0.15, 0.2) is 0 Å². The van der Waals surface area contributed by atoms with Crippen molar-refractivity contribution >= 4 is 21.7 Å². The molecule has 3 atom stereocenters. The summed E-state index contributed by atoms with van der Waals surface area (Å²) in [6, 6.07) is -1.08. The largest absolute Gasteiger partial charge is 0.480 e. The van der Waals surface area contributed by atoms with Crippen molar-refractivity contribution in [1.82, 2.24) is 5.32 Å². The molecule has 0 aromatic carbocycles. The van der Waals surface area contributed by atoms with Crippen LogP contribution in [0.1, 0.15) is 40.0 Å². The Morgan fingerprint density at radius 2 is 1.82 bits per heavy atom. The van der Waals surface area contributed by atoms with Crippen LogP contribution in [0.5, 0.6) is 0 Å². The van der Waals surface area contributed by atoms with Gasteiger partial charge in [0.25, 0.3) is 0 Å². The van der Waals surface area contributed by atoms with Crippen LogP contribution in [0.25, 0.3) is 0 Å². The van der Waals surface area contributed by atoms with Crippen LogP contribution < -0.4 is 5.32 Å². The van der Waals surface area contributed by atoms with Crippen molar-refractivity contribution in [2.24, 2.45) is 5.92 Å². The van der Waals surface area contributed by atoms with Crippen LogP contribution in [0.2, 0.25) is 0 Å². The number of rotatable bonds is 7. The van der Waals surface area contributed by atoms with Crippen molar-refractivity contribution in [2.45, 2.75) is 56.6 Å². The lowest BCUT2D eigenvalue weighted by Crippen LogP contribution is -2.51. The monoisotopic (exact) mass is 335 g/mol. The predicted molar refractivity (Wildman–Crippen MR) is 81.2 cm³/mol. The molecular formula is C14H25NO6S. The van der Waals surface area contributed by atoms with Crippen molar-refractivity contribution < 1.29 is 27.9 Å². The number of aliphatic carboxylic acids is 1. The molecule has 1 fully saturated rings. The number of hydrogen-bond acceptors (Lipinski definition) is 5. The summed E-state index contributed by atoms with van der Waals surface area (Å²) in [5, 5.41) is 9.67. The van der Waals surface area contributed by atoms with E-state index < -0.39 is 38.3 Å². The van der Waals surface area contributed by atoms with Gasteiger partial charge in [0.15, 0.2) is 9.84 Å². The summed E-state index contributed by atoms with van der Waals surface area (Å²) < 4.78 is 30.0. The lowest BCUT2D eigenvalue weighted by atomic mass is 9.99. The van der Waals surface area contributed by atoms with Crippen LogP contribution in [0.4, 0.5) is 0 Å². The average molecular weight is 335 g/mol. The molecule has 1 unspecified atom stereocenters. The Balaban J connectivity index is 2.80. The van der Waals surface area contributed by atoms with Gasteiger partial charge >= 0.3 is 5.97 Å². The van der Waals surface area contributed by atoms with E-state index in [2.05, 4.69) is 5.32 Å². The van der Waals surface area contributed by atoms with E-state index in [0.29, 0.717) is 32.5 Å². The first-order valence-electron chi connectivity index (χ1n) is 7.55. The molecule has 1 aliphatic rings. The summed E-state index contributed by atoms with van der Waals surface area (Å²) in [4.78, 5) is 23.4. The van der Waals surface area contributed by atoms with Crippen molar-refractivity contribution in [1.29, 1.82) is 0 Å². The molecule has 0 aliphatic carbocycles. The summed E-state index contributed by atoms with van der Waals surface area (Å²) in [6.07, 6.45) is 1.31. The molecule has 0 aromatic heterocycles. The third kappa shape index (κ3) is 4.42. The number of nitrogens with one attached hydrogen (secondary N) is 1. The Bertz CT molecular complexity index is 497. The minimum absolute atomic E-state index is 0.278. The first-order chi connectivity index (χ1) is 10.2. The fraction of sp³-hybridized carbons (Fsp3) is 0.857. The van der Waals surface area contributed by atoms with Gasteiger partial charge in [-0.05, 0) is 25.7 Å². The third-order valence-electron chi connectivity index (χ3n) is 4.27. The topological polar surface area (TPSA) is 110 Å². The highest BCUT2D eigenvalue weighted by atomic mass is 32.2. The molecule has 1 heterocycles. The molecule has 0 aromatic rings. The molecule has 22 heavy (non-hydrogen) atoms. The average Bonchev–Trinajstić information content (AvgIpc) is 2.51. The van der Waals surface area contributed by atoms with Gasteiger partial charge in [-0.25, -0.2) is 13.2 Å². The van der Waals surface area contributed by atoms with Crippen molar-refractivity contribution in [3.05, 3.63) is 0 Å². The summed E-state index contributed by atoms with van der Waals surface area (Å²) in [6.45, 7) is 5.56. The van der Waals surface area contributed by atoms with E-state index in [4.69, 9.17) is 4.74 Å². The number of sulfone groups is 1. The normalized spacial score (nSPS) is 20.9. The predicted octanol–water partition coefficient (Wildman–Crippen LogP) is 0.584. The van der Waals surface area contributed by atoms with Gasteiger partial charge in [0, 0.05) is 13.2 Å². The highest BCUT2D eigenvalue weighted by molar-refractivity contribution is 7.93. The zero-order valence-electron chi connectivity index (χ0n) is 13.2. The smallest absolute Gasteiger partial charge is 0.326 e. The van der Waals surface area contributed by atoms with E-state index in [1.165, 1.54) is 6.92 Å². The summed E-state index contributed by atoms with van der Waals surface area (Å²) in [5.74, 6) is -2.18. The maximum atomic E-state index is 12.5. The van der Waals surface area contributed by atoms with Gasteiger partial charge in [-0.3, -0.25) is 4.79 Å². The van der Waals surface area contributed by atoms with Crippen LogP contribution in [-0.2, 0) is 24.2 Å². The van der Waals surface area contributed by atoms with Crippen molar-refractivity contribution in [3.63, 3.8) is 0 Å². The highest BCUT2D eigenvalue weighted by Gasteiger charge is 2.38. The van der Waals surface area contributed by atoms with E-state index >= 15 is 0 Å². The number of carbonyl (C=O) groups is 2. The van der Waals surface area contributed by atoms with Gasteiger partial charge < -0.3 is 15.2 Å². The van der Waals surface area contributed by atoms with Crippen molar-refractivity contribution in [3.8, 4) is 0 Å². The summed E-state index contributed by atoms with van der Waals surface area (Å²) in [5.41, 5.74) is 0. The molecule has 0 radical (unpaired) electrons. The summed E-state index contributed by atoms with van der Waals surface area (Å²) in [7, 11) is -3.65. The second-order valence-electron chi connectivity index (χ2n) is 5.75. The molecule has 1 rings (SSSR count). The quantitative estimate of drug-likeness (QED) is 0.704. The lowest BCUT2D eigenvalue weighted by molar-refractivity contribution is -0.143. The Labute approximate surface area is 131 Å². The zero-order chi connectivity index (χ0) is 16.9. The Morgan fingerprint density at radius 1 is 1.27 bits per heavy atom. The van der Waals surface area contributed by atoms with E-state index in [1.54, 1.807) is 6.92 Å². The Hall–Kier alpha value is -1.15. The number of hydrogen-bond donors (Lipinski definition) is 2. The van der Waals surface area contributed by atoms with E-state index in [-0.39, 0.29) is 5.92 Å². The molecule has 7 nitrogen and oxygen atoms in total. The number of carboxylic acids is 1. The number of ether oxygens (including phenoxy) is 1. The molecular weight excluding hydrogens is 310 g/mol. The van der Waals surface area contributed by atoms with Gasteiger partial charge in [-0.2, -0.15) is 0 Å². The lowest BCUT2D eigenvalue weighted by Gasteiger charge is -2.26. The second kappa shape index (κ2) is 7.92. The maximum absolute atomic E-state index is 12.5. The minimum Gasteiger partial charge on any atom is -0.480 e. The fourth-order valence-electron chi connectivity index (χ4n) is 2.40. The molecule has 0 spiro atoms. The van der Waals surface area contributed by atoms with Gasteiger partial charge in [0.1, 0.15) is 11.3 Å². The number of amides is 1. The zero-order valence-corrected chi connectivity index (χ0v) is 14.1. The first kappa shape index (κ1) is 18.9. The summed E-state index contributed by atoms with van der Waals surface area (Å²) >= 11 is 0.